The van der Waals surface area contributed by atoms with E-state index >= 15 is 0 Å². The molecule has 5 nitrogen and oxygen atoms in total. The quantitative estimate of drug-likeness (QED) is 0.848. The summed E-state index contributed by atoms with van der Waals surface area (Å²) < 4.78 is 5.33. The highest BCUT2D eigenvalue weighted by Crippen LogP contribution is 2.19. The monoisotopic (exact) mass is 249 g/mol. The van der Waals surface area contributed by atoms with Gasteiger partial charge in [-0.25, -0.2) is 4.98 Å². The summed E-state index contributed by atoms with van der Waals surface area (Å²) >= 11 is 0. The van der Waals surface area contributed by atoms with Gasteiger partial charge in [-0.3, -0.25) is 4.79 Å². The van der Waals surface area contributed by atoms with Gasteiger partial charge in [-0.05, 0) is 32.4 Å². The van der Waals surface area contributed by atoms with Crippen molar-refractivity contribution in [3.63, 3.8) is 0 Å². The van der Waals surface area contributed by atoms with Crippen LogP contribution in [0, 0.1) is 6.92 Å². The first kappa shape index (κ1) is 12.8. The molecule has 1 saturated heterocycles. The molecule has 98 valence electrons. The Morgan fingerprint density at radius 1 is 1.50 bits per heavy atom. The zero-order valence-corrected chi connectivity index (χ0v) is 11.0. The van der Waals surface area contributed by atoms with E-state index in [9.17, 15) is 4.79 Å². The average Bonchev–Trinajstić information content (AvgIpc) is 2.74. The van der Waals surface area contributed by atoms with Crippen LogP contribution in [0.5, 0.6) is 0 Å². The molecule has 1 aromatic rings. The zero-order valence-electron chi connectivity index (χ0n) is 11.0. The van der Waals surface area contributed by atoms with Crippen LogP contribution >= 0.6 is 0 Å². The normalized spacial score (nSPS) is 22.8. The van der Waals surface area contributed by atoms with Gasteiger partial charge in [0.2, 0.25) is 0 Å². The Kier molecular flexibility index (Phi) is 3.52. The van der Waals surface area contributed by atoms with Crippen LogP contribution in [-0.2, 0) is 4.74 Å². The SMILES string of the molecule is CNc1cc(C(=O)NC2(C)CCOC2)cc(C)n1. The second-order valence-electron chi connectivity index (χ2n) is 4.95. The summed E-state index contributed by atoms with van der Waals surface area (Å²) in [5, 5.41) is 5.98. The van der Waals surface area contributed by atoms with E-state index in [0.717, 1.165) is 12.1 Å². The molecule has 1 unspecified atom stereocenters. The summed E-state index contributed by atoms with van der Waals surface area (Å²) in [6.45, 7) is 5.15. The Bertz CT molecular complexity index is 454. The fourth-order valence-electron chi connectivity index (χ4n) is 2.04. The molecular formula is C13H19N3O2. The van der Waals surface area contributed by atoms with E-state index < -0.39 is 0 Å². The van der Waals surface area contributed by atoms with E-state index in [1.54, 1.807) is 19.2 Å². The highest BCUT2D eigenvalue weighted by atomic mass is 16.5. The average molecular weight is 249 g/mol. The minimum Gasteiger partial charge on any atom is -0.379 e. The maximum atomic E-state index is 12.2. The molecule has 0 spiro atoms. The molecule has 2 N–H and O–H groups in total. The van der Waals surface area contributed by atoms with Gasteiger partial charge >= 0.3 is 0 Å². The van der Waals surface area contributed by atoms with E-state index in [2.05, 4.69) is 15.6 Å². The van der Waals surface area contributed by atoms with Crippen molar-refractivity contribution >= 4 is 11.7 Å². The summed E-state index contributed by atoms with van der Waals surface area (Å²) in [4.78, 5) is 16.5. The summed E-state index contributed by atoms with van der Waals surface area (Å²) in [6.07, 6.45) is 0.849. The van der Waals surface area contributed by atoms with Crippen LogP contribution in [0.15, 0.2) is 12.1 Å². The Labute approximate surface area is 107 Å². The van der Waals surface area contributed by atoms with Gasteiger partial charge in [-0.2, -0.15) is 0 Å². The molecule has 2 rings (SSSR count). The van der Waals surface area contributed by atoms with E-state index in [1.165, 1.54) is 0 Å². The minimum absolute atomic E-state index is 0.0787. The largest absolute Gasteiger partial charge is 0.379 e. The third kappa shape index (κ3) is 2.79. The molecule has 1 fully saturated rings. The lowest BCUT2D eigenvalue weighted by atomic mass is 10.0. The van der Waals surface area contributed by atoms with Gasteiger partial charge in [0.15, 0.2) is 0 Å². The smallest absolute Gasteiger partial charge is 0.251 e. The van der Waals surface area contributed by atoms with Crippen LogP contribution in [0.3, 0.4) is 0 Å². The number of aryl methyl sites for hydroxylation is 1. The van der Waals surface area contributed by atoms with Crippen LogP contribution < -0.4 is 10.6 Å². The topological polar surface area (TPSA) is 63.2 Å². The summed E-state index contributed by atoms with van der Waals surface area (Å²) in [6, 6.07) is 3.54. The summed E-state index contributed by atoms with van der Waals surface area (Å²) in [7, 11) is 1.79. The molecule has 0 aromatic carbocycles. The van der Waals surface area contributed by atoms with Crippen LogP contribution in [0.1, 0.15) is 29.4 Å². The Morgan fingerprint density at radius 3 is 2.89 bits per heavy atom. The molecule has 0 bridgehead atoms. The number of nitrogens with one attached hydrogen (secondary N) is 2. The maximum absolute atomic E-state index is 12.2. The number of amides is 1. The first-order chi connectivity index (χ1) is 8.52. The van der Waals surface area contributed by atoms with E-state index in [-0.39, 0.29) is 11.4 Å². The number of hydrogen-bond donors (Lipinski definition) is 2. The predicted octanol–water partition coefficient (Wildman–Crippen LogP) is 1.34. The third-order valence-corrected chi connectivity index (χ3v) is 3.11. The molecule has 0 aliphatic carbocycles. The van der Waals surface area contributed by atoms with Gasteiger partial charge in [0.25, 0.3) is 5.91 Å². The number of carbonyl (C=O) groups excluding carboxylic acids is 1. The number of hydrogen-bond acceptors (Lipinski definition) is 4. The second kappa shape index (κ2) is 4.94. The predicted molar refractivity (Wildman–Crippen MR) is 69.8 cm³/mol. The van der Waals surface area contributed by atoms with Crippen molar-refractivity contribution in [2.75, 3.05) is 25.6 Å². The second-order valence-corrected chi connectivity index (χ2v) is 4.95. The fraction of sp³-hybridized carbons (Fsp3) is 0.538. The number of carbonyl (C=O) groups is 1. The van der Waals surface area contributed by atoms with Crippen molar-refractivity contribution in [1.82, 2.24) is 10.3 Å². The van der Waals surface area contributed by atoms with Gasteiger partial charge in [0.05, 0.1) is 12.1 Å². The number of anilines is 1. The van der Waals surface area contributed by atoms with E-state index in [1.807, 2.05) is 13.8 Å². The van der Waals surface area contributed by atoms with Crippen LogP contribution in [0.2, 0.25) is 0 Å². The van der Waals surface area contributed by atoms with Crippen LogP contribution in [-0.4, -0.2) is 36.7 Å². The first-order valence-electron chi connectivity index (χ1n) is 6.09. The first-order valence-corrected chi connectivity index (χ1v) is 6.09. The highest BCUT2D eigenvalue weighted by molar-refractivity contribution is 5.95. The number of aromatic nitrogens is 1. The lowest BCUT2D eigenvalue weighted by Crippen LogP contribution is -2.46. The molecule has 0 radical (unpaired) electrons. The number of rotatable bonds is 3. The lowest BCUT2D eigenvalue weighted by molar-refractivity contribution is 0.0889. The van der Waals surface area contributed by atoms with Gasteiger partial charge < -0.3 is 15.4 Å². The maximum Gasteiger partial charge on any atom is 0.251 e. The van der Waals surface area contributed by atoms with Crippen molar-refractivity contribution in [2.24, 2.45) is 0 Å². The third-order valence-electron chi connectivity index (χ3n) is 3.11. The van der Waals surface area contributed by atoms with Crippen LogP contribution in [0.4, 0.5) is 5.82 Å². The molecular weight excluding hydrogens is 230 g/mol. The molecule has 1 aliphatic heterocycles. The molecule has 18 heavy (non-hydrogen) atoms. The van der Waals surface area contributed by atoms with Gasteiger partial charge in [-0.1, -0.05) is 0 Å². The molecule has 1 atom stereocenters. The molecule has 1 aromatic heterocycles. The Hall–Kier alpha value is -1.62. The molecule has 5 heteroatoms. The van der Waals surface area contributed by atoms with Gasteiger partial charge in [-0.15, -0.1) is 0 Å². The van der Waals surface area contributed by atoms with E-state index in [4.69, 9.17) is 4.74 Å². The van der Waals surface area contributed by atoms with Crippen molar-refractivity contribution in [1.29, 1.82) is 0 Å². The molecule has 1 aliphatic rings. The number of nitrogens with zero attached hydrogens (tertiary/aromatic N) is 1. The Morgan fingerprint density at radius 2 is 2.28 bits per heavy atom. The van der Waals surface area contributed by atoms with Crippen LogP contribution in [0.25, 0.3) is 0 Å². The zero-order chi connectivity index (χ0) is 13.2. The highest BCUT2D eigenvalue weighted by Gasteiger charge is 2.31. The van der Waals surface area contributed by atoms with Crippen molar-refractivity contribution in [3.8, 4) is 0 Å². The summed E-state index contributed by atoms with van der Waals surface area (Å²) in [5.41, 5.74) is 1.19. The summed E-state index contributed by atoms with van der Waals surface area (Å²) in [5.74, 6) is 0.623. The lowest BCUT2D eigenvalue weighted by Gasteiger charge is -2.23. The van der Waals surface area contributed by atoms with Gasteiger partial charge in [0.1, 0.15) is 5.82 Å². The van der Waals surface area contributed by atoms with Crippen molar-refractivity contribution < 1.29 is 9.53 Å². The number of ether oxygens (including phenoxy) is 1. The molecule has 1 amide bonds. The molecule has 0 saturated carbocycles. The number of pyridine rings is 1. The Balaban J connectivity index is 2.15. The van der Waals surface area contributed by atoms with E-state index in [0.29, 0.717) is 24.6 Å². The molecule has 2 heterocycles. The fourth-order valence-corrected chi connectivity index (χ4v) is 2.04. The standard InChI is InChI=1S/C13H19N3O2/c1-9-6-10(7-11(14-3)15-9)12(17)16-13(2)4-5-18-8-13/h6-7H,4-5,8H2,1-3H3,(H,14,15)(H,16,17). The van der Waals surface area contributed by atoms with Crippen molar-refractivity contribution in [2.45, 2.75) is 25.8 Å². The van der Waals surface area contributed by atoms with Crippen molar-refractivity contribution in [3.05, 3.63) is 23.4 Å². The van der Waals surface area contributed by atoms with Gasteiger partial charge in [0, 0.05) is 24.9 Å². The minimum atomic E-state index is -0.256.